The first-order valence-corrected chi connectivity index (χ1v) is 9.76. The van der Waals surface area contributed by atoms with Gasteiger partial charge in [-0.2, -0.15) is 0 Å². The van der Waals surface area contributed by atoms with Crippen molar-refractivity contribution < 1.29 is 4.74 Å². The van der Waals surface area contributed by atoms with Crippen LogP contribution in [0.5, 0.6) is 5.75 Å². The number of fused-ring (bicyclic) bond motifs is 1. The molecule has 0 bridgehead atoms. The number of ether oxygens (including phenoxy) is 1. The topological polar surface area (TPSA) is 14.2 Å². The first-order valence-electron chi connectivity index (χ1n) is 9.76. The third kappa shape index (κ3) is 2.90. The van der Waals surface area contributed by atoms with Gasteiger partial charge in [-0.25, -0.2) is 0 Å². The van der Waals surface area contributed by atoms with Crippen molar-refractivity contribution in [3.8, 4) is 34.0 Å². The third-order valence-corrected chi connectivity index (χ3v) is 5.31. The summed E-state index contributed by atoms with van der Waals surface area (Å²) < 4.78 is 8.10. The maximum absolute atomic E-state index is 5.76. The minimum Gasteiger partial charge on any atom is -0.495 e. The van der Waals surface area contributed by atoms with Gasteiger partial charge in [0, 0.05) is 10.8 Å². The van der Waals surface area contributed by atoms with E-state index < -0.39 is 0 Å². The second-order valence-corrected chi connectivity index (χ2v) is 6.98. The fraction of sp³-hybridized carbons (Fsp3) is 0.0370. The van der Waals surface area contributed by atoms with Gasteiger partial charge in [-0.05, 0) is 23.3 Å². The molecule has 2 heteroatoms. The molecule has 0 amide bonds. The Morgan fingerprint density at radius 2 is 0.966 bits per heavy atom. The number of benzene rings is 4. The number of nitrogens with zero attached hydrogens (tertiary/aromatic N) is 1. The van der Waals surface area contributed by atoms with Gasteiger partial charge in [-0.1, -0.05) is 97.1 Å². The minimum atomic E-state index is 0.849. The molecule has 5 aromatic rings. The van der Waals surface area contributed by atoms with Crippen LogP contribution in [-0.2, 0) is 0 Å². The predicted molar refractivity (Wildman–Crippen MR) is 121 cm³/mol. The van der Waals surface area contributed by atoms with Crippen molar-refractivity contribution in [3.05, 3.63) is 109 Å². The molecule has 0 saturated heterocycles. The standard InChI is InChI=1S/C27H21NO/c1-29-25-19-11-10-18-24(25)28-26(20-12-4-2-5-13-20)22-16-8-9-17-23(22)27(28)21-14-6-3-7-15-21/h2-19H,1H3. The van der Waals surface area contributed by atoms with E-state index in [4.69, 9.17) is 4.74 Å². The Kier molecular flexibility index (Phi) is 4.38. The average molecular weight is 375 g/mol. The fourth-order valence-electron chi connectivity index (χ4n) is 4.07. The molecule has 5 rings (SSSR count). The molecule has 1 aromatic heterocycles. The van der Waals surface area contributed by atoms with Gasteiger partial charge >= 0.3 is 0 Å². The normalized spacial score (nSPS) is 10.9. The van der Waals surface area contributed by atoms with Gasteiger partial charge in [-0.15, -0.1) is 0 Å². The van der Waals surface area contributed by atoms with Crippen LogP contribution in [0.4, 0.5) is 0 Å². The Balaban J connectivity index is 1.98. The largest absolute Gasteiger partial charge is 0.495 e. The maximum Gasteiger partial charge on any atom is 0.142 e. The summed E-state index contributed by atoms with van der Waals surface area (Å²) in [6.45, 7) is 0. The van der Waals surface area contributed by atoms with E-state index in [0.29, 0.717) is 0 Å². The van der Waals surface area contributed by atoms with Gasteiger partial charge in [0.25, 0.3) is 0 Å². The summed E-state index contributed by atoms with van der Waals surface area (Å²) in [5, 5.41) is 2.45. The van der Waals surface area contributed by atoms with Gasteiger partial charge in [0.1, 0.15) is 5.75 Å². The molecular weight excluding hydrogens is 354 g/mol. The number of rotatable bonds is 4. The van der Waals surface area contributed by atoms with Crippen molar-refractivity contribution in [2.24, 2.45) is 0 Å². The Morgan fingerprint density at radius 3 is 1.48 bits per heavy atom. The van der Waals surface area contributed by atoms with Crippen LogP contribution in [0.2, 0.25) is 0 Å². The number of aromatic nitrogens is 1. The molecule has 4 aromatic carbocycles. The summed E-state index contributed by atoms with van der Waals surface area (Å²) in [5.74, 6) is 0.849. The molecule has 0 N–H and O–H groups in total. The van der Waals surface area contributed by atoms with E-state index in [1.807, 2.05) is 12.1 Å². The highest BCUT2D eigenvalue weighted by Crippen LogP contribution is 2.43. The van der Waals surface area contributed by atoms with E-state index >= 15 is 0 Å². The zero-order valence-electron chi connectivity index (χ0n) is 16.2. The average Bonchev–Trinajstić information content (AvgIpc) is 3.15. The zero-order valence-corrected chi connectivity index (χ0v) is 16.2. The number of hydrogen-bond donors (Lipinski definition) is 0. The van der Waals surface area contributed by atoms with Crippen molar-refractivity contribution >= 4 is 10.8 Å². The van der Waals surface area contributed by atoms with Crippen molar-refractivity contribution in [1.82, 2.24) is 4.57 Å². The van der Waals surface area contributed by atoms with E-state index in [0.717, 1.165) is 11.4 Å². The maximum atomic E-state index is 5.76. The summed E-state index contributed by atoms with van der Waals surface area (Å²) in [6.07, 6.45) is 0. The molecule has 140 valence electrons. The van der Waals surface area contributed by atoms with Crippen LogP contribution < -0.4 is 4.74 Å². The Hall–Kier alpha value is -3.78. The van der Waals surface area contributed by atoms with Crippen molar-refractivity contribution in [3.63, 3.8) is 0 Å². The van der Waals surface area contributed by atoms with Crippen molar-refractivity contribution in [1.29, 1.82) is 0 Å². The molecule has 0 fully saturated rings. The molecule has 0 saturated carbocycles. The lowest BCUT2D eigenvalue weighted by Crippen LogP contribution is -2.02. The van der Waals surface area contributed by atoms with Crippen LogP contribution in [0.3, 0.4) is 0 Å². The lowest BCUT2D eigenvalue weighted by atomic mass is 10.0. The SMILES string of the molecule is COc1ccccc1-n1c(-c2ccccc2)c2ccccc2c1-c1ccccc1. The van der Waals surface area contributed by atoms with Crippen LogP contribution in [0.1, 0.15) is 0 Å². The van der Waals surface area contributed by atoms with E-state index in [-0.39, 0.29) is 0 Å². The summed E-state index contributed by atoms with van der Waals surface area (Å²) in [7, 11) is 1.73. The molecule has 0 unspecified atom stereocenters. The Labute approximate surface area is 170 Å². The summed E-state index contributed by atoms with van der Waals surface area (Å²) in [4.78, 5) is 0. The second-order valence-electron chi connectivity index (χ2n) is 6.98. The molecular formula is C27H21NO. The zero-order chi connectivity index (χ0) is 19.6. The van der Waals surface area contributed by atoms with Gasteiger partial charge in [0.15, 0.2) is 0 Å². The quantitative estimate of drug-likeness (QED) is 0.331. The van der Waals surface area contributed by atoms with Gasteiger partial charge in [0.2, 0.25) is 0 Å². The van der Waals surface area contributed by atoms with Crippen molar-refractivity contribution in [2.75, 3.05) is 7.11 Å². The lowest BCUT2D eigenvalue weighted by molar-refractivity contribution is 0.413. The molecule has 2 nitrogen and oxygen atoms in total. The van der Waals surface area contributed by atoms with Gasteiger partial charge in [0.05, 0.1) is 24.2 Å². The number of hydrogen-bond acceptors (Lipinski definition) is 1. The first-order chi connectivity index (χ1) is 14.4. The summed E-state index contributed by atoms with van der Waals surface area (Å²) in [5.41, 5.74) is 5.73. The van der Waals surface area contributed by atoms with Crippen molar-refractivity contribution in [2.45, 2.75) is 0 Å². The molecule has 1 heterocycles. The highest BCUT2D eigenvalue weighted by molar-refractivity contribution is 6.06. The van der Waals surface area contributed by atoms with E-state index in [9.17, 15) is 0 Å². The smallest absolute Gasteiger partial charge is 0.142 e. The van der Waals surface area contributed by atoms with Gasteiger partial charge < -0.3 is 9.30 Å². The molecule has 0 aliphatic rings. The predicted octanol–water partition coefficient (Wildman–Crippen LogP) is 6.97. The molecule has 0 aliphatic heterocycles. The Bertz CT molecular complexity index is 1190. The molecule has 0 spiro atoms. The molecule has 0 radical (unpaired) electrons. The van der Waals surface area contributed by atoms with Crippen LogP contribution >= 0.6 is 0 Å². The van der Waals surface area contributed by atoms with E-state index in [1.165, 1.54) is 33.3 Å². The third-order valence-electron chi connectivity index (χ3n) is 5.31. The fourth-order valence-corrected chi connectivity index (χ4v) is 4.07. The van der Waals surface area contributed by atoms with Crippen LogP contribution in [0.25, 0.3) is 39.0 Å². The minimum absolute atomic E-state index is 0.849. The highest BCUT2D eigenvalue weighted by atomic mass is 16.5. The lowest BCUT2D eigenvalue weighted by Gasteiger charge is -2.17. The molecule has 0 atom stereocenters. The molecule has 0 aliphatic carbocycles. The van der Waals surface area contributed by atoms with Gasteiger partial charge in [-0.3, -0.25) is 0 Å². The van der Waals surface area contributed by atoms with Crippen LogP contribution in [0.15, 0.2) is 109 Å². The van der Waals surface area contributed by atoms with Crippen LogP contribution in [0, 0.1) is 0 Å². The second kappa shape index (κ2) is 7.33. The molecule has 29 heavy (non-hydrogen) atoms. The van der Waals surface area contributed by atoms with E-state index in [1.54, 1.807) is 7.11 Å². The van der Waals surface area contributed by atoms with E-state index in [2.05, 4.69) is 102 Å². The number of methoxy groups -OCH3 is 1. The summed E-state index contributed by atoms with van der Waals surface area (Å²) in [6, 6.07) is 38.0. The Morgan fingerprint density at radius 1 is 0.517 bits per heavy atom. The number of para-hydroxylation sites is 2. The highest BCUT2D eigenvalue weighted by Gasteiger charge is 2.22. The monoisotopic (exact) mass is 375 g/mol. The first kappa shape index (κ1) is 17.3. The summed E-state index contributed by atoms with van der Waals surface area (Å²) >= 11 is 0. The van der Waals surface area contributed by atoms with Crippen LogP contribution in [-0.4, -0.2) is 11.7 Å².